The largest absolute Gasteiger partial charge is 0.304 e. The van der Waals surface area contributed by atoms with Crippen LogP contribution in [0.15, 0.2) is 53.5 Å². The number of aliphatic imine (C=N–C) groups is 1. The van der Waals surface area contributed by atoms with Crippen LogP contribution in [0.2, 0.25) is 0 Å². The molecule has 0 aromatic heterocycles. The van der Waals surface area contributed by atoms with Gasteiger partial charge in [-0.05, 0) is 37.2 Å². The molecule has 3 rings (SSSR count). The summed E-state index contributed by atoms with van der Waals surface area (Å²) >= 11 is 0. The number of nitriles is 1. The van der Waals surface area contributed by atoms with E-state index in [2.05, 4.69) is 52.2 Å². The highest BCUT2D eigenvalue weighted by atomic mass is 15.2. The van der Waals surface area contributed by atoms with Crippen molar-refractivity contribution in [2.45, 2.75) is 13.5 Å². The van der Waals surface area contributed by atoms with Crippen molar-refractivity contribution >= 4 is 11.4 Å². The zero-order chi connectivity index (χ0) is 17.6. The molecule has 1 aliphatic heterocycles. The number of para-hydroxylation sites is 1. The predicted octanol–water partition coefficient (Wildman–Crippen LogP) is 3.45. The lowest BCUT2D eigenvalue weighted by molar-refractivity contribution is 0.148. The highest BCUT2D eigenvalue weighted by Crippen LogP contribution is 2.19. The maximum atomic E-state index is 9.18. The molecule has 2 aromatic carbocycles. The number of nitrogens with zero attached hydrogens (tertiary/aromatic N) is 4. The maximum absolute atomic E-state index is 9.18. The highest BCUT2D eigenvalue weighted by molar-refractivity contribution is 6.00. The molecule has 1 saturated heterocycles. The van der Waals surface area contributed by atoms with Crippen molar-refractivity contribution < 1.29 is 0 Å². The van der Waals surface area contributed by atoms with Crippen LogP contribution in [0, 0.1) is 11.3 Å². The van der Waals surface area contributed by atoms with Crippen molar-refractivity contribution in [1.82, 2.24) is 9.80 Å². The van der Waals surface area contributed by atoms with Gasteiger partial charge in [-0.25, -0.2) is 0 Å². The Labute approximate surface area is 150 Å². The van der Waals surface area contributed by atoms with Crippen LogP contribution in [0.5, 0.6) is 0 Å². The van der Waals surface area contributed by atoms with Gasteiger partial charge in [0, 0.05) is 38.4 Å². The fourth-order valence-corrected chi connectivity index (χ4v) is 3.03. The second kappa shape index (κ2) is 8.06. The lowest BCUT2D eigenvalue weighted by Crippen LogP contribution is -2.43. The Kier molecular flexibility index (Phi) is 5.60. The minimum atomic E-state index is 0.605. The summed E-state index contributed by atoms with van der Waals surface area (Å²) < 4.78 is 0. The fourth-order valence-electron chi connectivity index (χ4n) is 3.03. The van der Waals surface area contributed by atoms with Crippen LogP contribution < -0.4 is 0 Å². The lowest BCUT2D eigenvalue weighted by Gasteiger charge is -2.32. The third kappa shape index (κ3) is 4.54. The second-order valence-electron chi connectivity index (χ2n) is 6.60. The van der Waals surface area contributed by atoms with Crippen molar-refractivity contribution in [3.63, 3.8) is 0 Å². The van der Waals surface area contributed by atoms with E-state index < -0.39 is 0 Å². The van der Waals surface area contributed by atoms with E-state index in [1.165, 1.54) is 5.56 Å². The first-order valence-corrected chi connectivity index (χ1v) is 8.70. The quantitative estimate of drug-likeness (QED) is 0.806. The van der Waals surface area contributed by atoms with Gasteiger partial charge < -0.3 is 4.90 Å². The smallest absolute Gasteiger partial charge is 0.101 e. The first kappa shape index (κ1) is 17.3. The topological polar surface area (TPSA) is 42.6 Å². The van der Waals surface area contributed by atoms with Crippen LogP contribution in [0.25, 0.3) is 0 Å². The third-order valence-electron chi connectivity index (χ3n) is 4.69. The van der Waals surface area contributed by atoms with Crippen LogP contribution in [-0.2, 0) is 6.54 Å². The van der Waals surface area contributed by atoms with Crippen LogP contribution in [0.1, 0.15) is 23.6 Å². The molecule has 25 heavy (non-hydrogen) atoms. The number of hydrogen-bond donors (Lipinski definition) is 0. The van der Waals surface area contributed by atoms with Gasteiger partial charge in [0.15, 0.2) is 0 Å². The van der Waals surface area contributed by atoms with Crippen molar-refractivity contribution in [3.05, 3.63) is 65.2 Å². The molecule has 0 atom stereocenters. The van der Waals surface area contributed by atoms with Gasteiger partial charge in [-0.3, -0.25) is 9.89 Å². The van der Waals surface area contributed by atoms with Gasteiger partial charge >= 0.3 is 0 Å². The first-order valence-electron chi connectivity index (χ1n) is 8.70. The molecule has 1 aliphatic rings. The lowest BCUT2D eigenvalue weighted by atomic mass is 10.1. The van der Waals surface area contributed by atoms with E-state index in [9.17, 15) is 5.26 Å². The molecule has 0 aliphatic carbocycles. The Morgan fingerprint density at radius 2 is 1.72 bits per heavy atom. The molecule has 0 N–H and O–H groups in total. The average Bonchev–Trinajstić information content (AvgIpc) is 2.64. The van der Waals surface area contributed by atoms with Gasteiger partial charge in [-0.1, -0.05) is 36.4 Å². The van der Waals surface area contributed by atoms with Gasteiger partial charge in [-0.15, -0.1) is 0 Å². The second-order valence-corrected chi connectivity index (χ2v) is 6.60. The Morgan fingerprint density at radius 3 is 2.40 bits per heavy atom. The Hall–Kier alpha value is -2.48. The molecule has 4 nitrogen and oxygen atoms in total. The first-order chi connectivity index (χ1) is 12.2. The van der Waals surface area contributed by atoms with Gasteiger partial charge in [0.05, 0.1) is 11.3 Å². The molecule has 2 aromatic rings. The molecule has 0 spiro atoms. The number of piperazine rings is 1. The summed E-state index contributed by atoms with van der Waals surface area (Å²) in [6.07, 6.45) is 0. The fraction of sp³-hybridized carbons (Fsp3) is 0.333. The molecular formula is C21H24N4. The molecule has 1 fully saturated rings. The molecule has 0 radical (unpaired) electrons. The minimum Gasteiger partial charge on any atom is -0.304 e. The van der Waals surface area contributed by atoms with Crippen LogP contribution in [0.4, 0.5) is 5.69 Å². The average molecular weight is 332 g/mol. The SMILES string of the molecule is CC(=Nc1ccccc1C#N)c1ccc(CN2CCN(C)CC2)cc1. The van der Waals surface area contributed by atoms with Crippen LogP contribution in [0.3, 0.4) is 0 Å². The molecule has 128 valence electrons. The Bertz CT molecular complexity index is 778. The number of hydrogen-bond acceptors (Lipinski definition) is 4. The third-order valence-corrected chi connectivity index (χ3v) is 4.69. The summed E-state index contributed by atoms with van der Waals surface area (Å²) in [4.78, 5) is 9.50. The number of benzene rings is 2. The van der Waals surface area contributed by atoms with Gasteiger partial charge in [0.1, 0.15) is 6.07 Å². The van der Waals surface area contributed by atoms with Gasteiger partial charge in [0.2, 0.25) is 0 Å². The Balaban J connectivity index is 1.69. The van der Waals surface area contributed by atoms with Crippen LogP contribution >= 0.6 is 0 Å². The van der Waals surface area contributed by atoms with Gasteiger partial charge in [0.25, 0.3) is 0 Å². The molecule has 0 saturated carbocycles. The number of likely N-dealkylation sites (N-methyl/N-ethyl adjacent to an activating group) is 1. The van der Waals surface area contributed by atoms with Crippen LogP contribution in [-0.4, -0.2) is 48.7 Å². The minimum absolute atomic E-state index is 0.605. The summed E-state index contributed by atoms with van der Waals surface area (Å²) in [6, 6.07) is 18.3. The summed E-state index contributed by atoms with van der Waals surface area (Å²) in [5.41, 5.74) is 4.68. The molecule has 1 heterocycles. The predicted molar refractivity (Wildman–Crippen MR) is 102 cm³/mol. The normalized spacial score (nSPS) is 16.6. The van der Waals surface area contributed by atoms with Gasteiger partial charge in [-0.2, -0.15) is 5.26 Å². The van der Waals surface area contributed by atoms with E-state index in [1.807, 2.05) is 25.1 Å². The highest BCUT2D eigenvalue weighted by Gasteiger charge is 2.13. The molecule has 0 unspecified atom stereocenters. The summed E-state index contributed by atoms with van der Waals surface area (Å²) in [5.74, 6) is 0. The molecule has 0 bridgehead atoms. The van der Waals surface area contributed by atoms with Crippen molar-refractivity contribution in [3.8, 4) is 6.07 Å². The maximum Gasteiger partial charge on any atom is 0.101 e. The van der Waals surface area contributed by atoms with E-state index in [1.54, 1.807) is 6.07 Å². The molecule has 4 heteroatoms. The summed E-state index contributed by atoms with van der Waals surface area (Å²) in [5, 5.41) is 9.18. The standard InChI is InChI=1S/C21H24N4/c1-17(23-21-6-4-3-5-20(21)15-22)19-9-7-18(8-10-19)16-25-13-11-24(2)12-14-25/h3-10H,11-14,16H2,1-2H3. The summed E-state index contributed by atoms with van der Waals surface area (Å²) in [6.45, 7) is 7.53. The van der Waals surface area contributed by atoms with Crippen molar-refractivity contribution in [2.24, 2.45) is 4.99 Å². The van der Waals surface area contributed by atoms with Crippen molar-refractivity contribution in [2.75, 3.05) is 33.2 Å². The zero-order valence-corrected chi connectivity index (χ0v) is 14.9. The van der Waals surface area contributed by atoms with E-state index in [-0.39, 0.29) is 0 Å². The van der Waals surface area contributed by atoms with E-state index in [0.717, 1.165) is 49.7 Å². The molecular weight excluding hydrogens is 308 g/mol. The summed E-state index contributed by atoms with van der Waals surface area (Å²) in [7, 11) is 2.18. The zero-order valence-electron chi connectivity index (χ0n) is 14.9. The van der Waals surface area contributed by atoms with Crippen molar-refractivity contribution in [1.29, 1.82) is 5.26 Å². The molecule has 0 amide bonds. The van der Waals surface area contributed by atoms with E-state index in [4.69, 9.17) is 0 Å². The monoisotopic (exact) mass is 332 g/mol. The number of rotatable bonds is 4. The van der Waals surface area contributed by atoms with E-state index >= 15 is 0 Å². The Morgan fingerprint density at radius 1 is 1.04 bits per heavy atom. The van der Waals surface area contributed by atoms with E-state index in [0.29, 0.717) is 5.56 Å².